The van der Waals surface area contributed by atoms with Crippen molar-refractivity contribution in [2.75, 3.05) is 0 Å². The molecule has 80 valence electrons. The predicted molar refractivity (Wildman–Crippen MR) is 69.4 cm³/mol. The van der Waals surface area contributed by atoms with Crippen LogP contribution in [0.1, 0.15) is 0 Å². The van der Waals surface area contributed by atoms with E-state index < -0.39 is 7.12 Å². The number of rotatable bonds is 2. The van der Waals surface area contributed by atoms with Crippen molar-refractivity contribution in [3.05, 3.63) is 53.0 Å². The van der Waals surface area contributed by atoms with Crippen LogP contribution < -0.4 is 5.46 Å². The lowest BCUT2D eigenvalue weighted by Gasteiger charge is -2.09. The van der Waals surface area contributed by atoms with Crippen molar-refractivity contribution < 1.29 is 10.0 Å². The van der Waals surface area contributed by atoms with Crippen LogP contribution in [0.15, 0.2) is 53.0 Å². The molecule has 0 atom stereocenters. The summed E-state index contributed by atoms with van der Waals surface area (Å²) in [5.41, 5.74) is 2.30. The maximum absolute atomic E-state index is 9.30. The van der Waals surface area contributed by atoms with Gasteiger partial charge in [-0.2, -0.15) is 0 Å². The van der Waals surface area contributed by atoms with Crippen LogP contribution in [0.3, 0.4) is 0 Å². The van der Waals surface area contributed by atoms with Crippen LogP contribution in [0.5, 0.6) is 0 Å². The van der Waals surface area contributed by atoms with Gasteiger partial charge in [0.25, 0.3) is 0 Å². The summed E-state index contributed by atoms with van der Waals surface area (Å²) in [6, 6.07) is 15.0. The SMILES string of the molecule is OB(O)c1ccc(Br)cc1-c1ccccc1. The quantitative estimate of drug-likeness (QED) is 0.822. The van der Waals surface area contributed by atoms with Gasteiger partial charge in [0.2, 0.25) is 0 Å². The summed E-state index contributed by atoms with van der Waals surface area (Å²) >= 11 is 3.38. The first kappa shape index (κ1) is 11.4. The molecule has 0 aromatic heterocycles. The van der Waals surface area contributed by atoms with E-state index in [4.69, 9.17) is 0 Å². The third kappa shape index (κ3) is 2.35. The Kier molecular flexibility index (Phi) is 3.44. The minimum Gasteiger partial charge on any atom is -0.423 e. The normalized spacial score (nSPS) is 10.2. The molecule has 0 saturated carbocycles. The summed E-state index contributed by atoms with van der Waals surface area (Å²) in [4.78, 5) is 0. The van der Waals surface area contributed by atoms with Crippen LogP contribution in [-0.4, -0.2) is 17.2 Å². The third-order valence-corrected chi connectivity index (χ3v) is 2.87. The van der Waals surface area contributed by atoms with Crippen molar-refractivity contribution in [1.29, 1.82) is 0 Å². The molecular formula is C12H10BBrO2. The van der Waals surface area contributed by atoms with Gasteiger partial charge in [-0.1, -0.05) is 52.3 Å². The zero-order valence-electron chi connectivity index (χ0n) is 8.47. The number of benzene rings is 2. The summed E-state index contributed by atoms with van der Waals surface area (Å²) in [7, 11) is -1.46. The van der Waals surface area contributed by atoms with E-state index in [1.807, 2.05) is 36.4 Å². The summed E-state index contributed by atoms with van der Waals surface area (Å²) in [5.74, 6) is 0. The molecule has 2 aromatic rings. The van der Waals surface area contributed by atoms with Crippen molar-refractivity contribution in [3.63, 3.8) is 0 Å². The van der Waals surface area contributed by atoms with Crippen LogP contribution in [0.25, 0.3) is 11.1 Å². The fourth-order valence-corrected chi connectivity index (χ4v) is 1.98. The Morgan fingerprint density at radius 2 is 1.62 bits per heavy atom. The van der Waals surface area contributed by atoms with E-state index in [2.05, 4.69) is 15.9 Å². The van der Waals surface area contributed by atoms with Crippen molar-refractivity contribution in [2.24, 2.45) is 0 Å². The van der Waals surface area contributed by atoms with Gasteiger partial charge in [-0.05, 0) is 28.7 Å². The van der Waals surface area contributed by atoms with Gasteiger partial charge in [-0.15, -0.1) is 0 Å². The highest BCUT2D eigenvalue weighted by atomic mass is 79.9. The maximum atomic E-state index is 9.30. The second kappa shape index (κ2) is 4.83. The summed E-state index contributed by atoms with van der Waals surface area (Å²) in [6.45, 7) is 0. The van der Waals surface area contributed by atoms with E-state index in [1.54, 1.807) is 12.1 Å². The molecule has 0 amide bonds. The molecule has 2 nitrogen and oxygen atoms in total. The molecule has 0 aliphatic rings. The molecule has 0 fully saturated rings. The molecule has 0 bridgehead atoms. The van der Waals surface area contributed by atoms with Crippen molar-refractivity contribution in [3.8, 4) is 11.1 Å². The van der Waals surface area contributed by atoms with Gasteiger partial charge in [0.1, 0.15) is 0 Å². The molecule has 0 unspecified atom stereocenters. The highest BCUT2D eigenvalue weighted by molar-refractivity contribution is 9.10. The molecule has 0 saturated heterocycles. The topological polar surface area (TPSA) is 40.5 Å². The third-order valence-electron chi connectivity index (χ3n) is 2.38. The Balaban J connectivity index is 2.58. The molecule has 4 heteroatoms. The lowest BCUT2D eigenvalue weighted by Crippen LogP contribution is -2.31. The van der Waals surface area contributed by atoms with E-state index in [0.29, 0.717) is 5.46 Å². The van der Waals surface area contributed by atoms with E-state index in [1.165, 1.54) is 0 Å². The van der Waals surface area contributed by atoms with E-state index in [9.17, 15) is 10.0 Å². The average molecular weight is 277 g/mol. The fourth-order valence-electron chi connectivity index (χ4n) is 1.62. The van der Waals surface area contributed by atoms with Gasteiger partial charge >= 0.3 is 7.12 Å². The van der Waals surface area contributed by atoms with Gasteiger partial charge in [-0.3, -0.25) is 0 Å². The molecule has 0 aliphatic heterocycles. The predicted octanol–water partition coefficient (Wildman–Crippen LogP) is 1.80. The first-order chi connectivity index (χ1) is 7.68. The Hall–Kier alpha value is -1.10. The summed E-state index contributed by atoms with van der Waals surface area (Å²) in [5, 5.41) is 18.6. The Labute approximate surface area is 103 Å². The second-order valence-corrected chi connectivity index (χ2v) is 4.39. The fraction of sp³-hybridized carbons (Fsp3) is 0. The highest BCUT2D eigenvalue weighted by Gasteiger charge is 2.16. The zero-order valence-corrected chi connectivity index (χ0v) is 10.1. The molecule has 0 radical (unpaired) electrons. The lowest BCUT2D eigenvalue weighted by atomic mass is 9.75. The first-order valence-corrected chi connectivity index (χ1v) is 5.69. The zero-order chi connectivity index (χ0) is 11.5. The van der Waals surface area contributed by atoms with Crippen molar-refractivity contribution >= 4 is 28.5 Å². The molecule has 2 rings (SSSR count). The van der Waals surface area contributed by atoms with Gasteiger partial charge in [0.05, 0.1) is 0 Å². The van der Waals surface area contributed by atoms with E-state index in [-0.39, 0.29) is 0 Å². The minimum atomic E-state index is -1.46. The van der Waals surface area contributed by atoms with Crippen LogP contribution in [0.4, 0.5) is 0 Å². The van der Waals surface area contributed by atoms with Crippen LogP contribution in [0.2, 0.25) is 0 Å². The van der Waals surface area contributed by atoms with Gasteiger partial charge in [0.15, 0.2) is 0 Å². The first-order valence-electron chi connectivity index (χ1n) is 4.89. The van der Waals surface area contributed by atoms with Gasteiger partial charge < -0.3 is 10.0 Å². The maximum Gasteiger partial charge on any atom is 0.489 e. The smallest absolute Gasteiger partial charge is 0.423 e. The molecule has 2 aromatic carbocycles. The van der Waals surface area contributed by atoms with Crippen LogP contribution in [-0.2, 0) is 0 Å². The Morgan fingerprint density at radius 1 is 0.938 bits per heavy atom. The van der Waals surface area contributed by atoms with Crippen molar-refractivity contribution in [1.82, 2.24) is 0 Å². The minimum absolute atomic E-state index is 0.509. The highest BCUT2D eigenvalue weighted by Crippen LogP contribution is 2.21. The van der Waals surface area contributed by atoms with Gasteiger partial charge in [0, 0.05) is 4.47 Å². The lowest BCUT2D eigenvalue weighted by molar-refractivity contribution is 0.426. The summed E-state index contributed by atoms with van der Waals surface area (Å²) < 4.78 is 0.913. The van der Waals surface area contributed by atoms with E-state index in [0.717, 1.165) is 15.6 Å². The largest absolute Gasteiger partial charge is 0.489 e. The average Bonchev–Trinajstić information content (AvgIpc) is 2.29. The van der Waals surface area contributed by atoms with Crippen LogP contribution >= 0.6 is 15.9 Å². The number of hydrogen-bond acceptors (Lipinski definition) is 2. The summed E-state index contributed by atoms with van der Waals surface area (Å²) in [6.07, 6.45) is 0. The van der Waals surface area contributed by atoms with Crippen molar-refractivity contribution in [2.45, 2.75) is 0 Å². The monoisotopic (exact) mass is 276 g/mol. The molecule has 2 N–H and O–H groups in total. The molecular weight excluding hydrogens is 267 g/mol. The standard InChI is InChI=1S/C12H10BBrO2/c14-10-6-7-12(13(15)16)11(8-10)9-4-2-1-3-5-9/h1-8,15-16H. The second-order valence-electron chi connectivity index (χ2n) is 3.47. The molecule has 0 spiro atoms. The number of hydrogen-bond donors (Lipinski definition) is 2. The molecule has 16 heavy (non-hydrogen) atoms. The van der Waals surface area contributed by atoms with E-state index >= 15 is 0 Å². The van der Waals surface area contributed by atoms with Gasteiger partial charge in [-0.25, -0.2) is 0 Å². The molecule has 0 heterocycles. The Bertz CT molecular complexity index is 486. The number of halogens is 1. The van der Waals surface area contributed by atoms with Crippen LogP contribution in [0, 0.1) is 0 Å². The molecule has 0 aliphatic carbocycles. The Morgan fingerprint density at radius 3 is 2.25 bits per heavy atom.